The zero-order valence-corrected chi connectivity index (χ0v) is 9.07. The van der Waals surface area contributed by atoms with E-state index in [4.69, 9.17) is 16.3 Å². The smallest absolute Gasteiger partial charge is 0.332 e. The van der Waals surface area contributed by atoms with Crippen LogP contribution < -0.4 is 11.1 Å². The number of hydrogen-bond acceptors (Lipinski definition) is 6. The van der Waals surface area contributed by atoms with Gasteiger partial charge >= 0.3 is 5.97 Å². The molecule has 84 valence electrons. The van der Waals surface area contributed by atoms with Crippen molar-refractivity contribution in [1.82, 2.24) is 5.32 Å². The second-order valence-electron chi connectivity index (χ2n) is 2.72. The van der Waals surface area contributed by atoms with Crippen LogP contribution in [0.5, 0.6) is 0 Å². The van der Waals surface area contributed by atoms with Crippen LogP contribution >= 0.6 is 0 Å². The van der Waals surface area contributed by atoms with Crippen molar-refractivity contribution in [3.63, 3.8) is 0 Å². The Labute approximate surface area is 93.6 Å². The number of hydrogen-bond donors (Lipinski definition) is 2. The van der Waals surface area contributed by atoms with Crippen LogP contribution in [0.15, 0.2) is 23.2 Å². The van der Waals surface area contributed by atoms with E-state index in [1.165, 1.54) is 6.08 Å². The van der Waals surface area contributed by atoms with Gasteiger partial charge in [0.25, 0.3) is 0 Å². The van der Waals surface area contributed by atoms with Gasteiger partial charge in [-0.25, -0.2) is 4.79 Å². The third-order valence-electron chi connectivity index (χ3n) is 1.44. The van der Waals surface area contributed by atoms with Crippen LogP contribution in [0.25, 0.3) is 0 Å². The van der Waals surface area contributed by atoms with Crippen molar-refractivity contribution in [2.24, 2.45) is 5.73 Å². The molecule has 0 atom stereocenters. The third-order valence-corrected chi connectivity index (χ3v) is 1.44. The molecule has 0 fully saturated rings. The zero-order valence-electron chi connectivity index (χ0n) is 9.07. The summed E-state index contributed by atoms with van der Waals surface area (Å²) in [4.78, 5) is 11.0. The van der Waals surface area contributed by atoms with Crippen molar-refractivity contribution in [2.45, 2.75) is 13.8 Å². The zero-order chi connectivity index (χ0) is 12.6. The second kappa shape index (κ2) is 6.91. The van der Waals surface area contributed by atoms with Gasteiger partial charge in [-0.3, -0.25) is 0 Å². The van der Waals surface area contributed by atoms with E-state index in [2.05, 4.69) is 10.1 Å². The summed E-state index contributed by atoms with van der Waals surface area (Å²) in [6.07, 6.45) is 1.17. The van der Waals surface area contributed by atoms with E-state index in [1.54, 1.807) is 26.0 Å². The first-order valence-corrected chi connectivity index (χ1v) is 4.47. The van der Waals surface area contributed by atoms with Crippen molar-refractivity contribution in [3.8, 4) is 12.1 Å². The molecule has 0 saturated carbocycles. The van der Waals surface area contributed by atoms with Gasteiger partial charge in [0, 0.05) is 11.8 Å². The summed E-state index contributed by atoms with van der Waals surface area (Å²) in [6.45, 7) is 3.51. The number of esters is 1. The molecule has 0 saturated heterocycles. The maximum absolute atomic E-state index is 11.0. The molecule has 0 aliphatic heterocycles. The normalized spacial score (nSPS) is 11.9. The average Bonchev–Trinajstić information content (AvgIpc) is 2.25. The molecule has 0 aromatic rings. The lowest BCUT2D eigenvalue weighted by molar-refractivity contribution is -0.137. The van der Waals surface area contributed by atoms with E-state index in [0.717, 1.165) is 0 Å². The molecule has 0 aromatic heterocycles. The maximum Gasteiger partial charge on any atom is 0.332 e. The minimum Gasteiger partial charge on any atom is -0.463 e. The second-order valence-corrected chi connectivity index (χ2v) is 2.72. The summed E-state index contributed by atoms with van der Waals surface area (Å²) in [7, 11) is 0. The van der Waals surface area contributed by atoms with Crippen molar-refractivity contribution in [3.05, 3.63) is 23.2 Å². The number of nitrogens with one attached hydrogen (secondary N) is 1. The first kappa shape index (κ1) is 13.5. The van der Waals surface area contributed by atoms with Crippen molar-refractivity contribution < 1.29 is 9.53 Å². The summed E-state index contributed by atoms with van der Waals surface area (Å²) < 4.78 is 4.66. The number of ether oxygens (including phenoxy) is 1. The number of rotatable bonds is 4. The molecule has 0 bridgehead atoms. The molecule has 0 spiro atoms. The number of carbonyl (C=O) groups excluding carboxylic acids is 1. The lowest BCUT2D eigenvalue weighted by Crippen LogP contribution is -2.16. The van der Waals surface area contributed by atoms with Crippen LogP contribution in [0.2, 0.25) is 0 Å². The van der Waals surface area contributed by atoms with Crippen molar-refractivity contribution in [2.75, 3.05) is 6.61 Å². The highest BCUT2D eigenvalue weighted by Crippen LogP contribution is 1.98. The Kier molecular flexibility index (Phi) is 5.84. The first-order chi connectivity index (χ1) is 7.54. The van der Waals surface area contributed by atoms with Crippen molar-refractivity contribution >= 4 is 5.97 Å². The van der Waals surface area contributed by atoms with Crippen LogP contribution in [0.4, 0.5) is 0 Å². The SMILES string of the molecule is CCOC(=O)/C=C(\C)N/C(C#N)=C(\N)C#N. The minimum atomic E-state index is -0.527. The largest absolute Gasteiger partial charge is 0.463 e. The van der Waals surface area contributed by atoms with Gasteiger partial charge in [-0.2, -0.15) is 10.5 Å². The van der Waals surface area contributed by atoms with Gasteiger partial charge in [-0.1, -0.05) is 0 Å². The lowest BCUT2D eigenvalue weighted by Gasteiger charge is -2.04. The molecule has 6 heteroatoms. The highest BCUT2D eigenvalue weighted by atomic mass is 16.5. The molecule has 0 aromatic carbocycles. The number of nitrogens with zero attached hydrogens (tertiary/aromatic N) is 2. The van der Waals surface area contributed by atoms with E-state index in [9.17, 15) is 4.79 Å². The molecule has 0 aliphatic carbocycles. The Bertz CT molecular complexity index is 410. The number of allylic oxidation sites excluding steroid dienone is 3. The Morgan fingerprint density at radius 1 is 1.50 bits per heavy atom. The van der Waals surface area contributed by atoms with Crippen LogP contribution in [-0.4, -0.2) is 12.6 Å². The van der Waals surface area contributed by atoms with Crippen LogP contribution in [0.3, 0.4) is 0 Å². The summed E-state index contributed by atoms with van der Waals surface area (Å²) in [6, 6.07) is 3.35. The van der Waals surface area contributed by atoms with Crippen LogP contribution in [-0.2, 0) is 9.53 Å². The van der Waals surface area contributed by atoms with E-state index in [0.29, 0.717) is 5.70 Å². The fraction of sp³-hybridized carbons (Fsp3) is 0.300. The molecule has 0 rings (SSSR count). The summed E-state index contributed by atoms with van der Waals surface area (Å²) in [5.74, 6) is -0.527. The van der Waals surface area contributed by atoms with Gasteiger partial charge in [-0.05, 0) is 13.8 Å². The Morgan fingerprint density at radius 2 is 2.12 bits per heavy atom. The quantitative estimate of drug-likeness (QED) is 0.399. The van der Waals surface area contributed by atoms with Gasteiger partial charge in [0.1, 0.15) is 17.8 Å². The number of nitrogens with two attached hydrogens (primary N) is 1. The Hall–Kier alpha value is -2.47. The highest BCUT2D eigenvalue weighted by molar-refractivity contribution is 5.82. The molecule has 0 radical (unpaired) electrons. The Morgan fingerprint density at radius 3 is 2.56 bits per heavy atom. The highest BCUT2D eigenvalue weighted by Gasteiger charge is 2.04. The monoisotopic (exact) mass is 220 g/mol. The predicted molar refractivity (Wildman–Crippen MR) is 56.0 cm³/mol. The molecule has 6 nitrogen and oxygen atoms in total. The van der Waals surface area contributed by atoms with Gasteiger partial charge in [0.2, 0.25) is 0 Å². The molecule has 0 unspecified atom stereocenters. The van der Waals surface area contributed by atoms with Gasteiger partial charge in [0.05, 0.1) is 6.61 Å². The summed E-state index contributed by atoms with van der Waals surface area (Å²) >= 11 is 0. The van der Waals surface area contributed by atoms with Gasteiger partial charge in [0.15, 0.2) is 5.70 Å². The third kappa shape index (κ3) is 4.68. The molecule has 0 amide bonds. The molecule has 0 heterocycles. The predicted octanol–water partition coefficient (Wildman–Crippen LogP) is 0.260. The van der Waals surface area contributed by atoms with Gasteiger partial charge in [-0.15, -0.1) is 0 Å². The fourth-order valence-corrected chi connectivity index (χ4v) is 0.805. The maximum atomic E-state index is 11.0. The van der Waals surface area contributed by atoms with Gasteiger partial charge < -0.3 is 15.8 Å². The number of carbonyl (C=O) groups is 1. The van der Waals surface area contributed by atoms with E-state index in [1.807, 2.05) is 0 Å². The number of nitriles is 2. The first-order valence-electron chi connectivity index (χ1n) is 4.47. The standard InChI is InChI=1S/C10H12N4O2/c1-3-16-10(15)4-7(2)14-9(6-12)8(13)5-11/h4,14H,3,13H2,1-2H3/b7-4+,9-8-. The average molecular weight is 220 g/mol. The summed E-state index contributed by atoms with van der Waals surface area (Å²) in [5.41, 5.74) is 5.29. The Balaban J connectivity index is 4.70. The molecular formula is C10H12N4O2. The van der Waals surface area contributed by atoms with E-state index >= 15 is 0 Å². The molecular weight excluding hydrogens is 208 g/mol. The molecule has 3 N–H and O–H groups in total. The fourth-order valence-electron chi connectivity index (χ4n) is 0.805. The van der Waals surface area contributed by atoms with Crippen LogP contribution in [0, 0.1) is 22.7 Å². The van der Waals surface area contributed by atoms with E-state index < -0.39 is 5.97 Å². The minimum absolute atomic E-state index is 0.0967. The van der Waals surface area contributed by atoms with Crippen molar-refractivity contribution in [1.29, 1.82) is 10.5 Å². The topological polar surface area (TPSA) is 112 Å². The lowest BCUT2D eigenvalue weighted by atomic mass is 10.3. The van der Waals surface area contributed by atoms with E-state index in [-0.39, 0.29) is 18.0 Å². The molecule has 16 heavy (non-hydrogen) atoms. The summed E-state index contributed by atoms with van der Waals surface area (Å²) in [5, 5.41) is 19.7. The molecule has 0 aliphatic rings. The van der Waals surface area contributed by atoms with Crippen LogP contribution in [0.1, 0.15) is 13.8 Å².